The number of benzene rings is 3. The molecule has 0 saturated heterocycles. The van der Waals surface area contributed by atoms with E-state index < -0.39 is 6.04 Å². The quantitative estimate of drug-likeness (QED) is 0.487. The molecule has 0 fully saturated rings. The molecule has 3 aromatic carbocycles. The van der Waals surface area contributed by atoms with E-state index in [1.165, 1.54) is 17.0 Å². The number of ether oxygens (including phenoxy) is 1. The van der Waals surface area contributed by atoms with Crippen LogP contribution in [0, 0.1) is 5.82 Å². The minimum absolute atomic E-state index is 0.109. The minimum atomic E-state index is -0.895. The molecular formula is C26H25FN2O3. The van der Waals surface area contributed by atoms with Crippen LogP contribution in [0.4, 0.5) is 4.39 Å². The predicted octanol–water partition coefficient (Wildman–Crippen LogP) is 4.28. The van der Waals surface area contributed by atoms with Crippen LogP contribution in [-0.4, -0.2) is 29.9 Å². The first-order valence-corrected chi connectivity index (χ1v) is 10.2. The van der Waals surface area contributed by atoms with E-state index in [0.717, 1.165) is 0 Å². The molecule has 1 atom stereocenters. The molecule has 0 aliphatic rings. The topological polar surface area (TPSA) is 58.6 Å². The highest BCUT2D eigenvalue weighted by Crippen LogP contribution is 2.24. The molecule has 6 heteroatoms. The standard InChI is InChI=1S/C26H25FN2O3/c1-2-17-28-26(31)25(21-9-5-3-6-10-21)29(18-20-13-15-22(27)16-14-20)24(30)19-32-23-11-7-4-8-12-23/h2-16,25H,1,17-19H2,(H,28,31)/t25-/m0/s1. The van der Waals surface area contributed by atoms with Gasteiger partial charge in [0.05, 0.1) is 0 Å². The van der Waals surface area contributed by atoms with E-state index in [2.05, 4.69) is 11.9 Å². The summed E-state index contributed by atoms with van der Waals surface area (Å²) in [6, 6.07) is 23.0. The van der Waals surface area contributed by atoms with E-state index in [1.807, 2.05) is 36.4 Å². The van der Waals surface area contributed by atoms with Crippen LogP contribution in [0.25, 0.3) is 0 Å². The average molecular weight is 432 g/mol. The van der Waals surface area contributed by atoms with Gasteiger partial charge in [-0.3, -0.25) is 9.59 Å². The third-order valence-electron chi connectivity index (χ3n) is 4.79. The lowest BCUT2D eigenvalue weighted by atomic mass is 10.0. The lowest BCUT2D eigenvalue weighted by molar-refractivity contribution is -0.143. The van der Waals surface area contributed by atoms with Crippen molar-refractivity contribution in [2.75, 3.05) is 13.2 Å². The van der Waals surface area contributed by atoms with Crippen molar-refractivity contribution in [1.82, 2.24) is 10.2 Å². The van der Waals surface area contributed by atoms with Gasteiger partial charge in [0.1, 0.15) is 17.6 Å². The zero-order chi connectivity index (χ0) is 22.8. The van der Waals surface area contributed by atoms with Gasteiger partial charge in [0.2, 0.25) is 5.91 Å². The highest BCUT2D eigenvalue weighted by atomic mass is 19.1. The van der Waals surface area contributed by atoms with E-state index in [9.17, 15) is 14.0 Å². The Balaban J connectivity index is 1.92. The van der Waals surface area contributed by atoms with E-state index in [4.69, 9.17) is 4.74 Å². The average Bonchev–Trinajstić information content (AvgIpc) is 2.83. The molecule has 0 aliphatic carbocycles. The van der Waals surface area contributed by atoms with Crippen LogP contribution in [-0.2, 0) is 16.1 Å². The van der Waals surface area contributed by atoms with Crippen LogP contribution in [0.1, 0.15) is 17.2 Å². The maximum atomic E-state index is 13.4. The normalized spacial score (nSPS) is 11.3. The van der Waals surface area contributed by atoms with E-state index in [1.54, 1.807) is 42.5 Å². The van der Waals surface area contributed by atoms with E-state index in [0.29, 0.717) is 16.9 Å². The van der Waals surface area contributed by atoms with Gasteiger partial charge in [-0.1, -0.05) is 66.7 Å². The number of hydrogen-bond acceptors (Lipinski definition) is 3. The Bertz CT molecular complexity index is 1020. The second-order valence-electron chi connectivity index (χ2n) is 7.10. The summed E-state index contributed by atoms with van der Waals surface area (Å²) >= 11 is 0. The van der Waals surface area contributed by atoms with Crippen LogP contribution >= 0.6 is 0 Å². The van der Waals surface area contributed by atoms with Crippen molar-refractivity contribution in [3.05, 3.63) is 115 Å². The molecule has 164 valence electrons. The molecule has 0 aromatic heterocycles. The minimum Gasteiger partial charge on any atom is -0.484 e. The van der Waals surface area contributed by atoms with Crippen molar-refractivity contribution in [2.24, 2.45) is 0 Å². The molecule has 0 radical (unpaired) electrons. The van der Waals surface area contributed by atoms with Crippen LogP contribution in [0.2, 0.25) is 0 Å². The Morgan fingerprint density at radius 2 is 1.59 bits per heavy atom. The predicted molar refractivity (Wildman–Crippen MR) is 121 cm³/mol. The third kappa shape index (κ3) is 6.28. The Labute approximate surface area is 187 Å². The summed E-state index contributed by atoms with van der Waals surface area (Å²) in [5.41, 5.74) is 1.35. The van der Waals surface area contributed by atoms with Crippen LogP contribution in [0.5, 0.6) is 5.75 Å². The van der Waals surface area contributed by atoms with Crippen molar-refractivity contribution in [1.29, 1.82) is 0 Å². The fourth-order valence-electron chi connectivity index (χ4n) is 3.23. The van der Waals surface area contributed by atoms with Gasteiger partial charge in [0.25, 0.3) is 5.91 Å². The summed E-state index contributed by atoms with van der Waals surface area (Å²) in [5.74, 6) is -0.538. The van der Waals surface area contributed by atoms with Gasteiger partial charge in [-0.25, -0.2) is 4.39 Å². The Hall–Kier alpha value is -3.93. The van der Waals surface area contributed by atoms with Crippen molar-refractivity contribution < 1.29 is 18.7 Å². The van der Waals surface area contributed by atoms with Crippen LogP contribution < -0.4 is 10.1 Å². The number of nitrogens with zero attached hydrogens (tertiary/aromatic N) is 1. The number of hydrogen-bond donors (Lipinski definition) is 1. The number of para-hydroxylation sites is 1. The van der Waals surface area contributed by atoms with Crippen molar-refractivity contribution in [2.45, 2.75) is 12.6 Å². The molecule has 0 unspecified atom stereocenters. The zero-order valence-corrected chi connectivity index (χ0v) is 17.6. The fourth-order valence-corrected chi connectivity index (χ4v) is 3.23. The second-order valence-corrected chi connectivity index (χ2v) is 7.10. The van der Waals surface area contributed by atoms with Crippen molar-refractivity contribution in [3.63, 3.8) is 0 Å². The molecule has 0 saturated carbocycles. The van der Waals surface area contributed by atoms with E-state index in [-0.39, 0.29) is 37.3 Å². The molecule has 1 N–H and O–H groups in total. The number of carbonyl (C=O) groups is 2. The SMILES string of the molecule is C=CCNC(=O)[C@H](c1ccccc1)N(Cc1ccc(F)cc1)C(=O)COc1ccccc1. The van der Waals surface area contributed by atoms with Crippen molar-refractivity contribution >= 4 is 11.8 Å². The molecule has 0 spiro atoms. The van der Waals surface area contributed by atoms with Crippen molar-refractivity contribution in [3.8, 4) is 5.75 Å². The lowest BCUT2D eigenvalue weighted by Crippen LogP contribution is -2.45. The molecule has 2 amide bonds. The van der Waals surface area contributed by atoms with Gasteiger partial charge in [0.15, 0.2) is 6.61 Å². The Kier molecular flexibility index (Phi) is 8.15. The third-order valence-corrected chi connectivity index (χ3v) is 4.79. The number of amides is 2. The highest BCUT2D eigenvalue weighted by molar-refractivity contribution is 5.89. The maximum absolute atomic E-state index is 13.4. The van der Waals surface area contributed by atoms with Gasteiger partial charge in [-0.2, -0.15) is 0 Å². The van der Waals surface area contributed by atoms with Crippen LogP contribution in [0.15, 0.2) is 97.6 Å². The van der Waals surface area contributed by atoms with Crippen LogP contribution in [0.3, 0.4) is 0 Å². The smallest absolute Gasteiger partial charge is 0.261 e. The first-order valence-electron chi connectivity index (χ1n) is 10.2. The summed E-state index contributed by atoms with van der Waals surface area (Å²) in [7, 11) is 0. The fraction of sp³-hybridized carbons (Fsp3) is 0.154. The molecule has 3 aromatic rings. The first kappa shape index (κ1) is 22.7. The largest absolute Gasteiger partial charge is 0.484 e. The molecule has 0 heterocycles. The summed E-state index contributed by atoms with van der Waals surface area (Å²) < 4.78 is 19.1. The van der Waals surface area contributed by atoms with Gasteiger partial charge in [0, 0.05) is 13.1 Å². The monoisotopic (exact) mass is 432 g/mol. The summed E-state index contributed by atoms with van der Waals surface area (Å²) in [4.78, 5) is 27.9. The first-order chi connectivity index (χ1) is 15.6. The summed E-state index contributed by atoms with van der Waals surface area (Å²) in [5, 5.41) is 2.78. The molecular weight excluding hydrogens is 407 g/mol. The van der Waals surface area contributed by atoms with Gasteiger partial charge in [-0.15, -0.1) is 6.58 Å². The zero-order valence-electron chi connectivity index (χ0n) is 17.6. The molecule has 32 heavy (non-hydrogen) atoms. The summed E-state index contributed by atoms with van der Waals surface area (Å²) in [6.45, 7) is 3.76. The Morgan fingerprint density at radius 1 is 0.969 bits per heavy atom. The maximum Gasteiger partial charge on any atom is 0.261 e. The number of halogens is 1. The summed E-state index contributed by atoms with van der Waals surface area (Å²) in [6.07, 6.45) is 1.57. The number of rotatable bonds is 10. The number of nitrogens with one attached hydrogen (secondary N) is 1. The number of carbonyl (C=O) groups excluding carboxylic acids is 2. The van der Waals surface area contributed by atoms with Gasteiger partial charge in [-0.05, 0) is 35.4 Å². The van der Waals surface area contributed by atoms with Gasteiger partial charge < -0.3 is 15.0 Å². The molecule has 0 bridgehead atoms. The van der Waals surface area contributed by atoms with E-state index >= 15 is 0 Å². The highest BCUT2D eigenvalue weighted by Gasteiger charge is 2.31. The molecule has 0 aliphatic heterocycles. The molecule has 3 rings (SSSR count). The molecule has 5 nitrogen and oxygen atoms in total. The lowest BCUT2D eigenvalue weighted by Gasteiger charge is -2.31. The Morgan fingerprint density at radius 3 is 2.22 bits per heavy atom. The second kappa shape index (κ2) is 11.5. The van der Waals surface area contributed by atoms with Gasteiger partial charge >= 0.3 is 0 Å².